The van der Waals surface area contributed by atoms with Crippen molar-refractivity contribution in [2.75, 3.05) is 6.61 Å². The predicted octanol–water partition coefficient (Wildman–Crippen LogP) is 5.94. The molecule has 0 aliphatic carbocycles. The van der Waals surface area contributed by atoms with Gasteiger partial charge >= 0.3 is 11.9 Å². The molecular formula is C22H34O4. The lowest BCUT2D eigenvalue weighted by atomic mass is 10.1. The van der Waals surface area contributed by atoms with Gasteiger partial charge in [-0.1, -0.05) is 64.5 Å². The third-order valence-corrected chi connectivity index (χ3v) is 4.10. The van der Waals surface area contributed by atoms with E-state index in [0.29, 0.717) is 12.8 Å². The van der Waals surface area contributed by atoms with Gasteiger partial charge in [0, 0.05) is 0 Å². The first kappa shape index (κ1) is 16.3. The monoisotopic (exact) mass is 366 g/mol. The van der Waals surface area contributed by atoms with Crippen LogP contribution in [0.2, 0.25) is 0 Å². The Balaban J connectivity index is 3.02. The lowest BCUT2D eigenvalue weighted by Gasteiger charge is -2.14. The van der Waals surface area contributed by atoms with Crippen LogP contribution in [0, 0.1) is 0 Å². The molecule has 1 unspecified atom stereocenters. The fourth-order valence-electron chi connectivity index (χ4n) is 2.54. The van der Waals surface area contributed by atoms with Gasteiger partial charge in [0.25, 0.3) is 0 Å². The van der Waals surface area contributed by atoms with Crippen molar-refractivity contribution in [2.24, 2.45) is 0 Å². The average molecular weight is 367 g/mol. The SMILES string of the molecule is [2H]c1c([2H])c([2H])c(C(=O)OC(C)CCCCC)c(C(=O)OCCCCCCC)c1[2H]. The van der Waals surface area contributed by atoms with Crippen molar-refractivity contribution in [3.63, 3.8) is 0 Å². The van der Waals surface area contributed by atoms with Crippen LogP contribution in [0.3, 0.4) is 0 Å². The molecule has 0 N–H and O–H groups in total. The summed E-state index contributed by atoms with van der Waals surface area (Å²) >= 11 is 0. The van der Waals surface area contributed by atoms with Crippen LogP contribution >= 0.6 is 0 Å². The van der Waals surface area contributed by atoms with Crippen LogP contribution in [0.15, 0.2) is 24.2 Å². The van der Waals surface area contributed by atoms with Gasteiger partial charge in [-0.2, -0.15) is 0 Å². The molecule has 0 saturated heterocycles. The topological polar surface area (TPSA) is 52.6 Å². The maximum absolute atomic E-state index is 12.7. The molecule has 0 heterocycles. The second kappa shape index (κ2) is 13.4. The second-order valence-electron chi connectivity index (χ2n) is 6.51. The number of carbonyl (C=O) groups is 2. The number of ether oxygens (including phenoxy) is 2. The lowest BCUT2D eigenvalue weighted by Crippen LogP contribution is -2.18. The van der Waals surface area contributed by atoms with E-state index in [1.165, 1.54) is 0 Å². The van der Waals surface area contributed by atoms with Gasteiger partial charge in [0.05, 0.1) is 29.3 Å². The number of hydrogen-bond acceptors (Lipinski definition) is 4. The Bertz CT molecular complexity index is 722. The van der Waals surface area contributed by atoms with E-state index < -0.39 is 53.3 Å². The highest BCUT2D eigenvalue weighted by atomic mass is 16.5. The summed E-state index contributed by atoms with van der Waals surface area (Å²) in [5.41, 5.74) is -0.917. The molecule has 1 rings (SSSR count). The molecule has 0 fully saturated rings. The molecular weight excluding hydrogens is 328 g/mol. The largest absolute Gasteiger partial charge is 0.462 e. The Morgan fingerprint density at radius 1 is 0.923 bits per heavy atom. The second-order valence-corrected chi connectivity index (χ2v) is 6.51. The minimum Gasteiger partial charge on any atom is -0.462 e. The molecule has 0 spiro atoms. The summed E-state index contributed by atoms with van der Waals surface area (Å²) in [4.78, 5) is 25.3. The third-order valence-electron chi connectivity index (χ3n) is 4.10. The Morgan fingerprint density at radius 2 is 1.50 bits per heavy atom. The first-order valence-corrected chi connectivity index (χ1v) is 9.74. The zero-order chi connectivity index (χ0) is 22.7. The van der Waals surface area contributed by atoms with E-state index >= 15 is 0 Å². The summed E-state index contributed by atoms with van der Waals surface area (Å²) < 4.78 is 42.5. The Kier molecular flexibility index (Phi) is 8.41. The van der Waals surface area contributed by atoms with E-state index in [4.69, 9.17) is 15.0 Å². The summed E-state index contributed by atoms with van der Waals surface area (Å²) in [5, 5.41) is 0. The minimum absolute atomic E-state index is 0.132. The Morgan fingerprint density at radius 3 is 2.15 bits per heavy atom. The summed E-state index contributed by atoms with van der Waals surface area (Å²) in [6.07, 6.45) is 7.92. The fourth-order valence-corrected chi connectivity index (χ4v) is 2.54. The molecule has 0 aliphatic heterocycles. The van der Waals surface area contributed by atoms with Gasteiger partial charge in [0.15, 0.2) is 0 Å². The highest BCUT2D eigenvalue weighted by Gasteiger charge is 2.20. The zero-order valence-corrected chi connectivity index (χ0v) is 16.3. The van der Waals surface area contributed by atoms with Crippen molar-refractivity contribution in [3.05, 3.63) is 35.3 Å². The molecule has 4 heteroatoms. The Labute approximate surface area is 163 Å². The fraction of sp³-hybridized carbons (Fsp3) is 0.636. The molecule has 4 nitrogen and oxygen atoms in total. The molecule has 1 aromatic rings. The lowest BCUT2D eigenvalue weighted by molar-refractivity contribution is 0.0307. The van der Waals surface area contributed by atoms with Crippen LogP contribution in [0.1, 0.15) is 105 Å². The molecule has 0 bridgehead atoms. The summed E-state index contributed by atoms with van der Waals surface area (Å²) in [5.74, 6) is -1.86. The minimum atomic E-state index is -0.930. The van der Waals surface area contributed by atoms with Crippen LogP contribution in [-0.2, 0) is 9.47 Å². The van der Waals surface area contributed by atoms with Crippen LogP contribution in [0.4, 0.5) is 0 Å². The van der Waals surface area contributed by atoms with Crippen LogP contribution in [-0.4, -0.2) is 24.6 Å². The molecule has 1 atom stereocenters. The highest BCUT2D eigenvalue weighted by molar-refractivity contribution is 6.03. The van der Waals surface area contributed by atoms with Crippen LogP contribution in [0.25, 0.3) is 0 Å². The first-order chi connectivity index (χ1) is 14.3. The van der Waals surface area contributed by atoms with Gasteiger partial charge in [0.1, 0.15) is 0 Å². The maximum Gasteiger partial charge on any atom is 0.339 e. The van der Waals surface area contributed by atoms with Crippen molar-refractivity contribution in [3.8, 4) is 0 Å². The number of unbranched alkanes of at least 4 members (excludes halogenated alkanes) is 6. The average Bonchev–Trinajstić information content (AvgIpc) is 2.71. The van der Waals surface area contributed by atoms with Gasteiger partial charge in [-0.15, -0.1) is 0 Å². The van der Waals surface area contributed by atoms with Crippen LogP contribution < -0.4 is 0 Å². The first-order valence-electron chi connectivity index (χ1n) is 11.7. The van der Waals surface area contributed by atoms with E-state index in [2.05, 4.69) is 13.8 Å². The van der Waals surface area contributed by atoms with E-state index in [1.807, 2.05) is 0 Å². The normalized spacial score (nSPS) is 14.0. The number of rotatable bonds is 13. The van der Waals surface area contributed by atoms with Crippen molar-refractivity contribution >= 4 is 11.9 Å². The van der Waals surface area contributed by atoms with Crippen LogP contribution in [0.5, 0.6) is 0 Å². The molecule has 0 radical (unpaired) electrons. The number of benzene rings is 1. The number of hydrogen-bond donors (Lipinski definition) is 0. The molecule has 0 amide bonds. The molecule has 146 valence electrons. The van der Waals surface area contributed by atoms with E-state index in [0.717, 1.165) is 44.9 Å². The maximum atomic E-state index is 12.7. The third kappa shape index (κ3) is 8.50. The van der Waals surface area contributed by atoms with Crippen molar-refractivity contribution in [1.29, 1.82) is 0 Å². The van der Waals surface area contributed by atoms with Crippen molar-refractivity contribution in [2.45, 2.75) is 84.7 Å². The molecule has 0 saturated carbocycles. The molecule has 1 aromatic carbocycles. The predicted molar refractivity (Wildman–Crippen MR) is 105 cm³/mol. The summed E-state index contributed by atoms with van der Waals surface area (Å²) in [6, 6.07) is -2.33. The van der Waals surface area contributed by atoms with Crippen molar-refractivity contribution < 1.29 is 24.5 Å². The van der Waals surface area contributed by atoms with E-state index in [9.17, 15) is 9.59 Å². The molecule has 26 heavy (non-hydrogen) atoms. The van der Waals surface area contributed by atoms with Gasteiger partial charge in [0.2, 0.25) is 0 Å². The highest BCUT2D eigenvalue weighted by Crippen LogP contribution is 2.15. The molecule has 0 aliphatic rings. The quantitative estimate of drug-likeness (QED) is 0.320. The number of esters is 2. The summed E-state index contributed by atoms with van der Waals surface area (Å²) in [6.45, 7) is 6.04. The van der Waals surface area contributed by atoms with Crippen molar-refractivity contribution in [1.82, 2.24) is 0 Å². The van der Waals surface area contributed by atoms with Gasteiger partial charge in [-0.3, -0.25) is 0 Å². The molecule has 0 aromatic heterocycles. The van der Waals surface area contributed by atoms with E-state index in [-0.39, 0.29) is 6.61 Å². The van der Waals surface area contributed by atoms with Gasteiger partial charge < -0.3 is 9.47 Å². The standard InChI is InChI=1S/C22H34O4/c1-4-6-8-9-13-17-25-21(23)19-15-11-12-16-20(19)22(24)26-18(3)14-10-7-5-2/h11-12,15-16,18H,4-10,13-14,17H2,1-3H3/i11D,12D,15D,16D. The van der Waals surface area contributed by atoms with Gasteiger partial charge in [-0.05, 0) is 38.3 Å². The van der Waals surface area contributed by atoms with Gasteiger partial charge in [-0.25, -0.2) is 9.59 Å². The zero-order valence-electron chi connectivity index (χ0n) is 20.3. The smallest absolute Gasteiger partial charge is 0.339 e. The van der Waals surface area contributed by atoms with E-state index in [1.54, 1.807) is 6.92 Å². The Hall–Kier alpha value is -1.84. The summed E-state index contributed by atoms with van der Waals surface area (Å²) in [7, 11) is 0. The number of carbonyl (C=O) groups excluding carboxylic acids is 2.